The molecule has 0 radical (unpaired) electrons. The highest BCUT2D eigenvalue weighted by Crippen LogP contribution is 2.09. The zero-order valence-electron chi connectivity index (χ0n) is 8.36. The fourth-order valence-corrected chi connectivity index (χ4v) is 1.46. The summed E-state index contributed by atoms with van der Waals surface area (Å²) in [5.74, 6) is -0.152. The molecule has 0 aromatic rings. The fraction of sp³-hybridized carbons (Fsp3) is 0.889. The van der Waals surface area contributed by atoms with Crippen molar-refractivity contribution in [3.63, 3.8) is 0 Å². The maximum atomic E-state index is 11.7. The van der Waals surface area contributed by atoms with Gasteiger partial charge in [0.1, 0.15) is 6.61 Å². The van der Waals surface area contributed by atoms with Crippen LogP contribution in [0.15, 0.2) is 0 Å². The van der Waals surface area contributed by atoms with E-state index in [1.54, 1.807) is 0 Å². The molecule has 0 saturated carbocycles. The molecule has 1 heterocycles. The lowest BCUT2D eigenvalue weighted by Gasteiger charge is -2.15. The number of alkyl halides is 2. The van der Waals surface area contributed by atoms with Crippen LogP contribution in [-0.4, -0.2) is 54.7 Å². The van der Waals surface area contributed by atoms with Crippen LogP contribution in [0.5, 0.6) is 0 Å². The summed E-state index contributed by atoms with van der Waals surface area (Å²) in [4.78, 5) is 12.9. The number of likely N-dealkylation sites (tertiary alicyclic amines) is 1. The van der Waals surface area contributed by atoms with Gasteiger partial charge in [-0.2, -0.15) is 0 Å². The molecule has 1 unspecified atom stereocenters. The second kappa shape index (κ2) is 5.97. The molecule has 1 aliphatic heterocycles. The van der Waals surface area contributed by atoms with E-state index in [2.05, 4.69) is 4.74 Å². The Morgan fingerprint density at radius 1 is 1.60 bits per heavy atom. The van der Waals surface area contributed by atoms with Crippen LogP contribution in [0.1, 0.15) is 12.8 Å². The largest absolute Gasteiger partial charge is 0.391 e. The Morgan fingerprint density at radius 3 is 2.87 bits per heavy atom. The number of hydrogen-bond acceptors (Lipinski definition) is 3. The van der Waals surface area contributed by atoms with Gasteiger partial charge < -0.3 is 14.7 Å². The molecule has 88 valence electrons. The van der Waals surface area contributed by atoms with Gasteiger partial charge in [-0.05, 0) is 6.42 Å². The van der Waals surface area contributed by atoms with Gasteiger partial charge in [-0.15, -0.1) is 0 Å². The van der Waals surface area contributed by atoms with Gasteiger partial charge in [0.2, 0.25) is 5.91 Å². The van der Waals surface area contributed by atoms with Crippen molar-refractivity contribution < 1.29 is 23.4 Å². The lowest BCUT2D eigenvalue weighted by atomic mass is 10.3. The number of carbonyl (C=O) groups excluding carboxylic acids is 1. The topological polar surface area (TPSA) is 49.8 Å². The third kappa shape index (κ3) is 4.53. The van der Waals surface area contributed by atoms with Crippen LogP contribution in [0.25, 0.3) is 0 Å². The summed E-state index contributed by atoms with van der Waals surface area (Å²) in [5.41, 5.74) is 0. The van der Waals surface area contributed by atoms with Crippen LogP contribution < -0.4 is 0 Å². The number of aliphatic hydroxyl groups excluding tert-OH is 1. The second-order valence-corrected chi connectivity index (χ2v) is 3.50. The van der Waals surface area contributed by atoms with E-state index in [1.165, 1.54) is 4.90 Å². The minimum atomic E-state index is -2.49. The van der Waals surface area contributed by atoms with Crippen molar-refractivity contribution in [1.82, 2.24) is 4.90 Å². The van der Waals surface area contributed by atoms with Gasteiger partial charge in [-0.3, -0.25) is 4.79 Å². The summed E-state index contributed by atoms with van der Waals surface area (Å²) in [6.07, 6.45) is -2.26. The first kappa shape index (κ1) is 12.3. The molecule has 1 fully saturated rings. The Morgan fingerprint density at radius 2 is 2.33 bits per heavy atom. The summed E-state index contributed by atoms with van der Waals surface area (Å²) < 4.78 is 27.9. The van der Waals surface area contributed by atoms with Crippen molar-refractivity contribution in [2.75, 3.05) is 26.3 Å². The van der Waals surface area contributed by atoms with Gasteiger partial charge >= 0.3 is 0 Å². The molecule has 0 aliphatic carbocycles. The van der Waals surface area contributed by atoms with Gasteiger partial charge in [0, 0.05) is 13.1 Å². The number of carbonyl (C=O) groups is 1. The maximum absolute atomic E-state index is 11.7. The molecule has 4 nitrogen and oxygen atoms in total. The number of hydrogen-bond donors (Lipinski definition) is 1. The Kier molecular flexibility index (Phi) is 4.90. The minimum Gasteiger partial charge on any atom is -0.391 e. The van der Waals surface area contributed by atoms with Crippen molar-refractivity contribution in [1.29, 1.82) is 0 Å². The Bertz CT molecular complexity index is 214. The lowest BCUT2D eigenvalue weighted by molar-refractivity contribution is -0.132. The Balaban J connectivity index is 2.08. The highest BCUT2D eigenvalue weighted by molar-refractivity contribution is 5.76. The van der Waals surface area contributed by atoms with Crippen LogP contribution >= 0.6 is 0 Å². The number of aliphatic hydroxyl groups is 1. The molecule has 0 aromatic heterocycles. The molecule has 15 heavy (non-hydrogen) atoms. The molecule has 1 aliphatic rings. The van der Waals surface area contributed by atoms with E-state index in [1.807, 2.05) is 0 Å². The van der Waals surface area contributed by atoms with E-state index in [4.69, 9.17) is 5.11 Å². The normalized spacial score (nSPS) is 21.3. The summed E-state index contributed by atoms with van der Waals surface area (Å²) in [6.45, 7) is 0.258. The first-order chi connectivity index (χ1) is 7.09. The fourth-order valence-electron chi connectivity index (χ4n) is 1.46. The van der Waals surface area contributed by atoms with Crippen molar-refractivity contribution in [2.45, 2.75) is 25.4 Å². The number of nitrogens with zero attached hydrogens (tertiary/aromatic N) is 1. The highest BCUT2D eigenvalue weighted by Gasteiger charge is 2.23. The van der Waals surface area contributed by atoms with E-state index in [0.29, 0.717) is 19.5 Å². The first-order valence-corrected chi connectivity index (χ1v) is 4.91. The monoisotopic (exact) mass is 223 g/mol. The van der Waals surface area contributed by atoms with Gasteiger partial charge in [-0.1, -0.05) is 0 Å². The van der Waals surface area contributed by atoms with Gasteiger partial charge in [0.25, 0.3) is 6.43 Å². The van der Waals surface area contributed by atoms with E-state index < -0.39 is 19.1 Å². The van der Waals surface area contributed by atoms with Crippen molar-refractivity contribution in [2.24, 2.45) is 0 Å². The average molecular weight is 223 g/mol. The Hall–Kier alpha value is -0.750. The highest BCUT2D eigenvalue weighted by atomic mass is 19.3. The van der Waals surface area contributed by atoms with Crippen LogP contribution in [0.4, 0.5) is 8.78 Å². The van der Waals surface area contributed by atoms with E-state index in [-0.39, 0.29) is 18.9 Å². The lowest BCUT2D eigenvalue weighted by Crippen LogP contribution is -2.30. The molecule has 0 bridgehead atoms. The molecular formula is C9H15F2NO3. The van der Waals surface area contributed by atoms with Gasteiger partial charge in [0.15, 0.2) is 0 Å². The number of ether oxygens (including phenoxy) is 1. The smallest absolute Gasteiger partial charge is 0.261 e. The third-order valence-electron chi connectivity index (χ3n) is 2.22. The average Bonchev–Trinajstić information content (AvgIpc) is 2.59. The molecular weight excluding hydrogens is 208 g/mol. The molecule has 1 N–H and O–H groups in total. The van der Waals surface area contributed by atoms with Crippen LogP contribution in [-0.2, 0) is 9.53 Å². The first-order valence-electron chi connectivity index (χ1n) is 4.91. The number of β-amino-alcohol motifs (C(OH)–C–C–N with tert-alkyl or cyclic N) is 1. The van der Waals surface area contributed by atoms with Gasteiger partial charge in [-0.25, -0.2) is 8.78 Å². The SMILES string of the molecule is O=C(CCOCC(F)F)N1CCC(O)C1. The molecule has 6 heteroatoms. The zero-order chi connectivity index (χ0) is 11.3. The van der Waals surface area contributed by atoms with E-state index in [9.17, 15) is 13.6 Å². The maximum Gasteiger partial charge on any atom is 0.261 e. The molecule has 0 aromatic carbocycles. The quantitative estimate of drug-likeness (QED) is 0.680. The third-order valence-corrected chi connectivity index (χ3v) is 2.22. The van der Waals surface area contributed by atoms with E-state index >= 15 is 0 Å². The van der Waals surface area contributed by atoms with E-state index in [0.717, 1.165) is 0 Å². The predicted molar refractivity (Wildman–Crippen MR) is 48.6 cm³/mol. The van der Waals surface area contributed by atoms with Gasteiger partial charge in [0.05, 0.1) is 19.1 Å². The minimum absolute atomic E-state index is 0.00969. The molecule has 1 saturated heterocycles. The zero-order valence-corrected chi connectivity index (χ0v) is 8.36. The standard InChI is InChI=1S/C9H15F2NO3/c10-8(11)6-15-4-2-9(14)12-3-1-7(13)5-12/h7-8,13H,1-6H2. The van der Waals surface area contributed by atoms with Crippen molar-refractivity contribution >= 4 is 5.91 Å². The van der Waals surface area contributed by atoms with Crippen molar-refractivity contribution in [3.05, 3.63) is 0 Å². The van der Waals surface area contributed by atoms with Crippen LogP contribution in [0.3, 0.4) is 0 Å². The summed E-state index contributed by atoms with van der Waals surface area (Å²) in [6, 6.07) is 0. The molecule has 1 rings (SSSR count). The molecule has 0 spiro atoms. The predicted octanol–water partition coefficient (Wildman–Crippen LogP) is 0.251. The van der Waals surface area contributed by atoms with Crippen LogP contribution in [0, 0.1) is 0 Å². The summed E-state index contributed by atoms with van der Waals surface area (Å²) in [5, 5.41) is 9.17. The molecule has 1 atom stereocenters. The summed E-state index contributed by atoms with van der Waals surface area (Å²) in [7, 11) is 0. The number of amides is 1. The number of halogens is 2. The molecule has 1 amide bonds. The number of rotatable bonds is 5. The second-order valence-electron chi connectivity index (χ2n) is 3.50. The Labute approximate surface area is 86.8 Å². The van der Waals surface area contributed by atoms with Crippen LogP contribution in [0.2, 0.25) is 0 Å². The van der Waals surface area contributed by atoms with Crippen molar-refractivity contribution in [3.8, 4) is 0 Å². The summed E-state index contributed by atoms with van der Waals surface area (Å²) >= 11 is 0.